The summed E-state index contributed by atoms with van der Waals surface area (Å²) in [4.78, 5) is 49.2. The van der Waals surface area contributed by atoms with Gasteiger partial charge in [0, 0.05) is 0 Å². The number of carbonyl (C=O) groups excluding carboxylic acids is 2. The van der Waals surface area contributed by atoms with Crippen LogP contribution in [0.4, 0.5) is 0 Å². The van der Waals surface area contributed by atoms with Crippen molar-refractivity contribution in [3.05, 3.63) is 59.7 Å². The molecule has 2 aromatic rings. The highest BCUT2D eigenvalue weighted by Crippen LogP contribution is 2.31. The van der Waals surface area contributed by atoms with Gasteiger partial charge in [-0.3, -0.25) is 9.59 Å². The number of phenolic OH excluding ortho intramolecular Hbond substituents is 2. The van der Waals surface area contributed by atoms with Crippen molar-refractivity contribution < 1.29 is 59.3 Å². The molecule has 12 heteroatoms. The van der Waals surface area contributed by atoms with E-state index in [1.807, 2.05) is 0 Å². The Morgan fingerprint density at radius 1 is 0.694 bits per heavy atom. The van der Waals surface area contributed by atoms with E-state index in [4.69, 9.17) is 9.47 Å². The van der Waals surface area contributed by atoms with Crippen molar-refractivity contribution in [2.75, 3.05) is 14.2 Å². The van der Waals surface area contributed by atoms with Gasteiger partial charge in [0.25, 0.3) is 11.2 Å². The van der Waals surface area contributed by atoms with Crippen molar-refractivity contribution in [3.63, 3.8) is 0 Å². The van der Waals surface area contributed by atoms with Crippen molar-refractivity contribution in [1.82, 2.24) is 0 Å². The number of carboxylic acids is 2. The lowest BCUT2D eigenvalue weighted by molar-refractivity contribution is -0.204. The third-order valence-electron chi connectivity index (χ3n) is 5.12. The molecular formula is C24H22O12. The molecule has 0 saturated carbocycles. The van der Waals surface area contributed by atoms with Gasteiger partial charge in [-0.2, -0.15) is 0 Å². The molecule has 0 radical (unpaired) electrons. The van der Waals surface area contributed by atoms with E-state index in [9.17, 15) is 49.8 Å². The highest BCUT2D eigenvalue weighted by Gasteiger charge is 2.68. The Morgan fingerprint density at radius 3 is 1.31 bits per heavy atom. The third-order valence-corrected chi connectivity index (χ3v) is 5.12. The van der Waals surface area contributed by atoms with Gasteiger partial charge < -0.3 is 40.1 Å². The van der Waals surface area contributed by atoms with Gasteiger partial charge in [-0.15, -0.1) is 0 Å². The molecule has 0 aromatic heterocycles. The Balaban J connectivity index is 2.49. The molecule has 190 valence electrons. The van der Waals surface area contributed by atoms with E-state index in [0.717, 1.165) is 12.2 Å². The smallest absolute Gasteiger partial charge is 0.348 e. The number of hydrogen-bond donors (Lipinski definition) is 6. The lowest BCUT2D eigenvalue weighted by Gasteiger charge is -2.33. The molecule has 0 heterocycles. The molecular weight excluding hydrogens is 480 g/mol. The van der Waals surface area contributed by atoms with E-state index < -0.39 is 34.7 Å². The number of aliphatic hydroxyl groups is 2. The van der Waals surface area contributed by atoms with Crippen LogP contribution in [0.3, 0.4) is 0 Å². The largest absolute Gasteiger partial charge is 0.504 e. The lowest BCUT2D eigenvalue weighted by Crippen LogP contribution is -2.71. The van der Waals surface area contributed by atoms with Gasteiger partial charge in [-0.25, -0.2) is 9.59 Å². The quantitative estimate of drug-likeness (QED) is 0.184. The fourth-order valence-electron chi connectivity index (χ4n) is 3.06. The molecule has 2 atom stereocenters. The normalized spacial score (nSPS) is 14.7. The highest BCUT2D eigenvalue weighted by molar-refractivity contribution is 6.27. The number of benzene rings is 2. The topological polar surface area (TPSA) is 208 Å². The summed E-state index contributed by atoms with van der Waals surface area (Å²) in [6, 6.07) is 7.42. The van der Waals surface area contributed by atoms with Gasteiger partial charge in [0.05, 0.1) is 14.2 Å². The first kappa shape index (κ1) is 27.6. The van der Waals surface area contributed by atoms with Gasteiger partial charge in [-0.1, -0.05) is 24.3 Å². The van der Waals surface area contributed by atoms with Crippen LogP contribution in [0.15, 0.2) is 48.6 Å². The fraction of sp³-hybridized carbons (Fsp3) is 0.167. The van der Waals surface area contributed by atoms with Crippen LogP contribution in [0.25, 0.3) is 12.2 Å². The minimum absolute atomic E-state index is 0.00804. The van der Waals surface area contributed by atoms with Gasteiger partial charge in [0.15, 0.2) is 23.0 Å². The van der Waals surface area contributed by atoms with E-state index in [0.29, 0.717) is 12.2 Å². The molecule has 0 aliphatic rings. The summed E-state index contributed by atoms with van der Waals surface area (Å²) < 4.78 is 9.79. The number of hydrogen-bond acceptors (Lipinski definition) is 10. The standard InChI is InChI=1S/C24H22O12/c1-35-17-11-13(3-7-15(17)25)5-9-19(27)23(33,21(29)30)24(34,22(31)32)20(28)10-6-14-4-8-16(26)18(12-14)36-2/h3-12,25-26,33-34H,1-2H3,(H,29,30)(H,31,32)/b9-5+,10-6+. The number of rotatable bonds is 11. The predicted molar refractivity (Wildman–Crippen MR) is 123 cm³/mol. The summed E-state index contributed by atoms with van der Waals surface area (Å²) in [7, 11) is 2.49. The number of carbonyl (C=O) groups is 4. The van der Waals surface area contributed by atoms with E-state index in [1.165, 1.54) is 50.6 Å². The Labute approximate surface area is 203 Å². The van der Waals surface area contributed by atoms with Crippen molar-refractivity contribution in [3.8, 4) is 23.0 Å². The number of methoxy groups -OCH3 is 2. The fourth-order valence-corrected chi connectivity index (χ4v) is 3.06. The third kappa shape index (κ3) is 5.04. The second kappa shape index (κ2) is 10.7. The van der Waals surface area contributed by atoms with Crippen molar-refractivity contribution in [1.29, 1.82) is 0 Å². The Hall–Kier alpha value is -4.68. The minimum Gasteiger partial charge on any atom is -0.504 e. The van der Waals surface area contributed by atoms with Crippen LogP contribution in [0.5, 0.6) is 23.0 Å². The molecule has 0 amide bonds. The second-order valence-electron chi connectivity index (χ2n) is 7.29. The predicted octanol–water partition coefficient (Wildman–Crippen LogP) is 0.611. The molecule has 0 saturated heterocycles. The van der Waals surface area contributed by atoms with E-state index in [-0.39, 0.29) is 34.1 Å². The van der Waals surface area contributed by atoms with Crippen LogP contribution >= 0.6 is 0 Å². The van der Waals surface area contributed by atoms with Crippen molar-refractivity contribution in [2.45, 2.75) is 11.2 Å². The second-order valence-corrected chi connectivity index (χ2v) is 7.29. The summed E-state index contributed by atoms with van der Waals surface area (Å²) >= 11 is 0. The summed E-state index contributed by atoms with van der Waals surface area (Å²) in [6.07, 6.45) is 2.80. The zero-order valence-corrected chi connectivity index (χ0v) is 18.9. The first-order valence-corrected chi connectivity index (χ1v) is 9.93. The van der Waals surface area contributed by atoms with Crippen molar-refractivity contribution >= 4 is 35.7 Å². The molecule has 6 N–H and O–H groups in total. The maximum absolute atomic E-state index is 12.7. The Bertz CT molecular complexity index is 1160. The Kier molecular flexibility index (Phi) is 8.20. The van der Waals surface area contributed by atoms with E-state index in [2.05, 4.69) is 0 Å². The van der Waals surface area contributed by atoms with Gasteiger partial charge >= 0.3 is 11.9 Å². The molecule has 0 aliphatic heterocycles. The van der Waals surface area contributed by atoms with E-state index in [1.54, 1.807) is 0 Å². The lowest BCUT2D eigenvalue weighted by atomic mass is 9.76. The summed E-state index contributed by atoms with van der Waals surface area (Å²) in [6.45, 7) is 0. The molecule has 0 spiro atoms. The van der Waals surface area contributed by atoms with Gasteiger partial charge in [-0.05, 0) is 47.5 Å². The van der Waals surface area contributed by atoms with Crippen LogP contribution in [0.1, 0.15) is 11.1 Å². The SMILES string of the molecule is COc1cc(/C=C/C(=O)C(O)(C(=O)O)C(O)(C(=O)O)C(=O)/C=C/c2ccc(O)c(OC)c2)ccc1O. The number of aliphatic carboxylic acids is 2. The summed E-state index contributed by atoms with van der Waals surface area (Å²) in [5, 5.41) is 59.6. The average Bonchev–Trinajstić information content (AvgIpc) is 2.85. The first-order valence-electron chi connectivity index (χ1n) is 9.93. The first-order chi connectivity index (χ1) is 16.8. The number of carboxylic acid groups (broad SMARTS) is 2. The number of ketones is 2. The minimum atomic E-state index is -4.13. The maximum atomic E-state index is 12.7. The molecule has 2 unspecified atom stereocenters. The molecule has 0 aliphatic carbocycles. The van der Waals surface area contributed by atoms with Crippen LogP contribution < -0.4 is 9.47 Å². The zero-order valence-electron chi connectivity index (χ0n) is 18.9. The number of ether oxygens (including phenoxy) is 2. The monoisotopic (exact) mass is 502 g/mol. The molecule has 12 nitrogen and oxygen atoms in total. The van der Waals surface area contributed by atoms with Crippen molar-refractivity contribution in [2.24, 2.45) is 0 Å². The van der Waals surface area contributed by atoms with Gasteiger partial charge in [0.1, 0.15) is 0 Å². The summed E-state index contributed by atoms with van der Waals surface area (Å²) in [5.41, 5.74) is -7.94. The van der Waals surface area contributed by atoms with Crippen LogP contribution in [-0.2, 0) is 19.2 Å². The highest BCUT2D eigenvalue weighted by atomic mass is 16.5. The van der Waals surface area contributed by atoms with Gasteiger partial charge in [0.2, 0.25) is 11.6 Å². The summed E-state index contributed by atoms with van der Waals surface area (Å²) in [5.74, 6) is -9.17. The Morgan fingerprint density at radius 2 is 1.03 bits per heavy atom. The van der Waals surface area contributed by atoms with Crippen LogP contribution in [-0.4, -0.2) is 79.6 Å². The molecule has 36 heavy (non-hydrogen) atoms. The van der Waals surface area contributed by atoms with Crippen LogP contribution in [0, 0.1) is 0 Å². The molecule has 0 fully saturated rings. The number of phenols is 2. The molecule has 2 rings (SSSR count). The molecule has 2 aromatic carbocycles. The maximum Gasteiger partial charge on any atom is 0.348 e. The zero-order chi connectivity index (χ0) is 27.3. The number of aromatic hydroxyl groups is 2. The van der Waals surface area contributed by atoms with Crippen LogP contribution in [0.2, 0.25) is 0 Å². The average molecular weight is 502 g/mol. The van der Waals surface area contributed by atoms with E-state index >= 15 is 0 Å². The molecule has 0 bridgehead atoms.